The van der Waals surface area contributed by atoms with Gasteiger partial charge in [0.2, 0.25) is 0 Å². The smallest absolute Gasteiger partial charge is 0.129 e. The van der Waals surface area contributed by atoms with E-state index in [0.29, 0.717) is 0 Å². The molecule has 2 nitrogen and oxygen atoms in total. The van der Waals surface area contributed by atoms with Gasteiger partial charge in [-0.1, -0.05) is 13.3 Å². The lowest BCUT2D eigenvalue weighted by Gasteiger charge is -2.27. The van der Waals surface area contributed by atoms with Gasteiger partial charge in [-0.15, -0.1) is 0 Å². The summed E-state index contributed by atoms with van der Waals surface area (Å²) in [5.74, 6) is -1.13. The van der Waals surface area contributed by atoms with E-state index in [1.807, 2.05) is 13.8 Å². The molecule has 0 aliphatic rings. The topological polar surface area (TPSA) is 32.3 Å². The first-order valence-electron chi connectivity index (χ1n) is 6.24. The van der Waals surface area contributed by atoms with Crippen molar-refractivity contribution in [2.75, 3.05) is 6.54 Å². The Morgan fingerprint density at radius 1 is 1.33 bits per heavy atom. The van der Waals surface area contributed by atoms with Crippen LogP contribution in [0, 0.1) is 11.6 Å². The number of nitrogens with one attached hydrogen (secondary N) is 1. The first-order valence-corrected chi connectivity index (χ1v) is 6.24. The molecular weight excluding hydrogens is 236 g/mol. The SMILES string of the molecule is CCCC(C)(C)NCC(O)c1cc(F)ccc1F. The number of hydrogen-bond donors (Lipinski definition) is 2. The summed E-state index contributed by atoms with van der Waals surface area (Å²) in [6, 6.07) is 3.11. The van der Waals surface area contributed by atoms with Crippen molar-refractivity contribution in [2.24, 2.45) is 0 Å². The molecule has 4 heteroatoms. The molecule has 0 aliphatic heterocycles. The van der Waals surface area contributed by atoms with Crippen molar-refractivity contribution < 1.29 is 13.9 Å². The fourth-order valence-electron chi connectivity index (χ4n) is 1.97. The van der Waals surface area contributed by atoms with Gasteiger partial charge in [0.15, 0.2) is 0 Å². The quantitative estimate of drug-likeness (QED) is 0.820. The van der Waals surface area contributed by atoms with Gasteiger partial charge in [-0.2, -0.15) is 0 Å². The lowest BCUT2D eigenvalue weighted by Crippen LogP contribution is -2.41. The van der Waals surface area contributed by atoms with Crippen LogP contribution in [0.4, 0.5) is 8.78 Å². The number of β-amino-alcohol motifs (C(OH)–C–C–N with tert-alkyl or cyclic N) is 1. The van der Waals surface area contributed by atoms with Crippen LogP contribution in [0.1, 0.15) is 45.3 Å². The molecule has 0 radical (unpaired) electrons. The molecule has 1 aromatic rings. The molecule has 0 bridgehead atoms. The Kier molecular flexibility index (Phi) is 5.23. The third-order valence-corrected chi connectivity index (χ3v) is 2.97. The number of aliphatic hydroxyl groups is 1. The standard InChI is InChI=1S/C14H21F2NO/c1-4-7-14(2,3)17-9-13(18)11-8-10(15)5-6-12(11)16/h5-6,8,13,17-18H,4,7,9H2,1-3H3. The molecule has 0 aromatic heterocycles. The maximum absolute atomic E-state index is 13.4. The van der Waals surface area contributed by atoms with Crippen LogP contribution < -0.4 is 5.32 Å². The monoisotopic (exact) mass is 257 g/mol. The molecule has 1 atom stereocenters. The van der Waals surface area contributed by atoms with E-state index < -0.39 is 17.7 Å². The van der Waals surface area contributed by atoms with E-state index in [4.69, 9.17) is 0 Å². The maximum atomic E-state index is 13.4. The van der Waals surface area contributed by atoms with Gasteiger partial charge >= 0.3 is 0 Å². The highest BCUT2D eigenvalue weighted by atomic mass is 19.1. The van der Waals surface area contributed by atoms with Gasteiger partial charge in [0.25, 0.3) is 0 Å². The van der Waals surface area contributed by atoms with E-state index in [1.165, 1.54) is 0 Å². The fourth-order valence-corrected chi connectivity index (χ4v) is 1.97. The number of benzene rings is 1. The van der Waals surface area contributed by atoms with Crippen molar-refractivity contribution in [3.63, 3.8) is 0 Å². The van der Waals surface area contributed by atoms with Crippen LogP contribution in [0.15, 0.2) is 18.2 Å². The van der Waals surface area contributed by atoms with Crippen LogP contribution in [-0.2, 0) is 0 Å². The number of halogens is 2. The Morgan fingerprint density at radius 3 is 2.61 bits per heavy atom. The molecule has 1 rings (SSSR count). The maximum Gasteiger partial charge on any atom is 0.129 e. The van der Waals surface area contributed by atoms with E-state index in [9.17, 15) is 13.9 Å². The van der Waals surface area contributed by atoms with Gasteiger partial charge in [-0.05, 0) is 38.5 Å². The van der Waals surface area contributed by atoms with Crippen molar-refractivity contribution in [2.45, 2.75) is 45.3 Å². The van der Waals surface area contributed by atoms with Gasteiger partial charge < -0.3 is 10.4 Å². The summed E-state index contributed by atoms with van der Waals surface area (Å²) in [7, 11) is 0. The van der Waals surface area contributed by atoms with Crippen molar-refractivity contribution in [3.8, 4) is 0 Å². The zero-order valence-electron chi connectivity index (χ0n) is 11.1. The molecule has 0 saturated carbocycles. The summed E-state index contributed by atoms with van der Waals surface area (Å²) in [5, 5.41) is 13.1. The summed E-state index contributed by atoms with van der Waals surface area (Å²) in [5.41, 5.74) is -0.130. The zero-order chi connectivity index (χ0) is 13.8. The molecule has 0 spiro atoms. The predicted octanol–water partition coefficient (Wildman–Crippen LogP) is 3.17. The fraction of sp³-hybridized carbons (Fsp3) is 0.571. The summed E-state index contributed by atoms with van der Waals surface area (Å²) in [6.45, 7) is 6.32. The number of hydrogen-bond acceptors (Lipinski definition) is 2. The minimum absolute atomic E-state index is 0.00482. The average Bonchev–Trinajstić information content (AvgIpc) is 2.29. The average molecular weight is 257 g/mol. The predicted molar refractivity (Wildman–Crippen MR) is 68.3 cm³/mol. The third-order valence-electron chi connectivity index (χ3n) is 2.97. The Morgan fingerprint density at radius 2 is 2.00 bits per heavy atom. The number of rotatable bonds is 6. The summed E-state index contributed by atoms with van der Waals surface area (Å²) < 4.78 is 26.4. The zero-order valence-corrected chi connectivity index (χ0v) is 11.1. The lowest BCUT2D eigenvalue weighted by molar-refractivity contribution is 0.154. The molecule has 0 fully saturated rings. The molecule has 18 heavy (non-hydrogen) atoms. The highest BCUT2D eigenvalue weighted by molar-refractivity contribution is 5.21. The molecule has 0 saturated heterocycles. The van der Waals surface area contributed by atoms with E-state index in [1.54, 1.807) is 0 Å². The van der Waals surface area contributed by atoms with Crippen molar-refractivity contribution >= 4 is 0 Å². The van der Waals surface area contributed by atoms with Crippen LogP contribution in [0.2, 0.25) is 0 Å². The van der Waals surface area contributed by atoms with E-state index in [0.717, 1.165) is 31.0 Å². The van der Waals surface area contributed by atoms with Gasteiger partial charge in [-0.3, -0.25) is 0 Å². The largest absolute Gasteiger partial charge is 0.387 e. The minimum atomic E-state index is -1.04. The molecule has 102 valence electrons. The van der Waals surface area contributed by atoms with E-state index >= 15 is 0 Å². The van der Waals surface area contributed by atoms with E-state index in [2.05, 4.69) is 12.2 Å². The van der Waals surface area contributed by atoms with Crippen molar-refractivity contribution in [1.82, 2.24) is 5.32 Å². The second-order valence-electron chi connectivity index (χ2n) is 5.20. The number of aliphatic hydroxyl groups excluding tert-OH is 1. The molecule has 0 amide bonds. The van der Waals surface area contributed by atoms with Crippen LogP contribution in [0.3, 0.4) is 0 Å². The Hall–Kier alpha value is -1.00. The van der Waals surface area contributed by atoms with Gasteiger partial charge in [-0.25, -0.2) is 8.78 Å². The first-order chi connectivity index (χ1) is 8.35. The van der Waals surface area contributed by atoms with Crippen LogP contribution in [0.5, 0.6) is 0 Å². The minimum Gasteiger partial charge on any atom is -0.387 e. The van der Waals surface area contributed by atoms with Gasteiger partial charge in [0, 0.05) is 17.6 Å². The highest BCUT2D eigenvalue weighted by Gasteiger charge is 2.19. The Bertz CT molecular complexity index is 393. The molecule has 0 heterocycles. The van der Waals surface area contributed by atoms with Crippen molar-refractivity contribution in [1.29, 1.82) is 0 Å². The third kappa shape index (κ3) is 4.35. The molecule has 2 N–H and O–H groups in total. The van der Waals surface area contributed by atoms with Crippen LogP contribution in [-0.4, -0.2) is 17.2 Å². The van der Waals surface area contributed by atoms with Crippen molar-refractivity contribution in [3.05, 3.63) is 35.4 Å². The van der Waals surface area contributed by atoms with Crippen LogP contribution >= 0.6 is 0 Å². The van der Waals surface area contributed by atoms with Crippen LogP contribution in [0.25, 0.3) is 0 Å². The Balaban J connectivity index is 2.65. The molecule has 1 aromatic carbocycles. The molecule has 0 aliphatic carbocycles. The Labute approximate surface area is 107 Å². The second-order valence-corrected chi connectivity index (χ2v) is 5.20. The second kappa shape index (κ2) is 6.25. The molecule has 1 unspecified atom stereocenters. The summed E-state index contributed by atoms with van der Waals surface area (Å²) in [4.78, 5) is 0. The normalized spacial score (nSPS) is 13.7. The highest BCUT2D eigenvalue weighted by Crippen LogP contribution is 2.19. The van der Waals surface area contributed by atoms with Gasteiger partial charge in [0.1, 0.15) is 11.6 Å². The van der Waals surface area contributed by atoms with Gasteiger partial charge in [0.05, 0.1) is 6.10 Å². The summed E-state index contributed by atoms with van der Waals surface area (Å²) >= 11 is 0. The molecular formula is C14H21F2NO. The lowest BCUT2D eigenvalue weighted by atomic mass is 9.98. The summed E-state index contributed by atoms with van der Waals surface area (Å²) in [6.07, 6.45) is 0.923. The van der Waals surface area contributed by atoms with E-state index in [-0.39, 0.29) is 17.6 Å². The first kappa shape index (κ1) is 15.1.